The van der Waals surface area contributed by atoms with Gasteiger partial charge in [0.15, 0.2) is 11.5 Å². The molecule has 0 spiro atoms. The van der Waals surface area contributed by atoms with Crippen molar-refractivity contribution in [1.82, 2.24) is 0 Å². The summed E-state index contributed by atoms with van der Waals surface area (Å²) in [7, 11) is 4.44. The molecule has 0 saturated heterocycles. The van der Waals surface area contributed by atoms with Crippen LogP contribution >= 0.6 is 0 Å². The van der Waals surface area contributed by atoms with Crippen molar-refractivity contribution in [2.75, 3.05) is 21.3 Å². The van der Waals surface area contributed by atoms with Crippen LogP contribution in [-0.2, 0) is 4.74 Å². The maximum Gasteiger partial charge on any atom is 0.338 e. The topological polar surface area (TPSA) is 54.0 Å². The molecule has 1 aliphatic heterocycles. The second-order valence-corrected chi connectivity index (χ2v) is 5.17. The molecule has 1 atom stereocenters. The van der Waals surface area contributed by atoms with Crippen LogP contribution in [0.2, 0.25) is 0 Å². The summed E-state index contributed by atoms with van der Waals surface area (Å²) in [6.45, 7) is 0. The minimum Gasteiger partial charge on any atom is -0.493 e. The lowest BCUT2D eigenvalue weighted by Crippen LogP contribution is -2.21. The zero-order chi connectivity index (χ0) is 15.0. The lowest BCUT2D eigenvalue weighted by Gasteiger charge is -2.25. The van der Waals surface area contributed by atoms with E-state index in [1.54, 1.807) is 13.2 Å². The van der Waals surface area contributed by atoms with Crippen LogP contribution in [0.3, 0.4) is 0 Å². The Kier molecular flexibility index (Phi) is 3.49. The number of hydrogen-bond donors (Lipinski definition) is 0. The number of hydrogen-bond acceptors (Lipinski definition) is 5. The Morgan fingerprint density at radius 2 is 2.00 bits per heavy atom. The number of fused-ring (bicyclic) bond motifs is 1. The smallest absolute Gasteiger partial charge is 0.338 e. The van der Waals surface area contributed by atoms with Gasteiger partial charge in [-0.15, -0.1) is 0 Å². The number of ether oxygens (including phenoxy) is 4. The molecule has 2 aliphatic rings. The van der Waals surface area contributed by atoms with Crippen LogP contribution in [-0.4, -0.2) is 33.4 Å². The standard InChI is InChI=1S/C16H18O5/c1-18-13-8-11(16(17)20-3)10-6-7-12(9-4-5-9)21-14(10)15(13)19-2/h6-9,12H,4-5H2,1-3H3/t12-/m0/s1. The van der Waals surface area contributed by atoms with E-state index >= 15 is 0 Å². The van der Waals surface area contributed by atoms with Gasteiger partial charge in [-0.2, -0.15) is 0 Å². The molecule has 1 fully saturated rings. The minimum atomic E-state index is -0.426. The third-order valence-corrected chi connectivity index (χ3v) is 3.86. The molecular formula is C16H18O5. The summed E-state index contributed by atoms with van der Waals surface area (Å²) < 4.78 is 21.6. The van der Waals surface area contributed by atoms with Crippen LogP contribution in [0.25, 0.3) is 6.08 Å². The maximum absolute atomic E-state index is 12.0. The molecule has 1 aromatic carbocycles. The normalized spacial score (nSPS) is 19.5. The summed E-state index contributed by atoms with van der Waals surface area (Å²) in [5.74, 6) is 1.64. The summed E-state index contributed by atoms with van der Waals surface area (Å²) >= 11 is 0. The minimum absolute atomic E-state index is 0.0315. The predicted molar refractivity (Wildman–Crippen MR) is 77.1 cm³/mol. The van der Waals surface area contributed by atoms with Gasteiger partial charge in [0, 0.05) is 5.56 Å². The zero-order valence-corrected chi connectivity index (χ0v) is 12.3. The van der Waals surface area contributed by atoms with E-state index in [1.807, 2.05) is 12.2 Å². The van der Waals surface area contributed by atoms with Crippen LogP contribution in [0, 0.1) is 5.92 Å². The molecule has 1 aromatic rings. The SMILES string of the molecule is COC(=O)c1cc(OC)c(OC)c2c1C=C[C@@H](C1CC1)O2. The third kappa shape index (κ3) is 2.33. The fraction of sp³-hybridized carbons (Fsp3) is 0.438. The number of rotatable bonds is 4. The van der Waals surface area contributed by atoms with Crippen molar-refractivity contribution in [1.29, 1.82) is 0 Å². The van der Waals surface area contributed by atoms with Crippen LogP contribution in [0.1, 0.15) is 28.8 Å². The van der Waals surface area contributed by atoms with E-state index in [0.29, 0.717) is 34.3 Å². The molecule has 0 aromatic heterocycles. The number of benzene rings is 1. The van der Waals surface area contributed by atoms with E-state index in [0.717, 1.165) is 0 Å². The van der Waals surface area contributed by atoms with Gasteiger partial charge < -0.3 is 18.9 Å². The van der Waals surface area contributed by atoms with Gasteiger partial charge in [-0.25, -0.2) is 4.79 Å². The van der Waals surface area contributed by atoms with Gasteiger partial charge in [0.1, 0.15) is 6.10 Å². The van der Waals surface area contributed by atoms with E-state index in [4.69, 9.17) is 18.9 Å². The van der Waals surface area contributed by atoms with E-state index < -0.39 is 5.97 Å². The first-order valence-corrected chi connectivity index (χ1v) is 6.91. The fourth-order valence-electron chi connectivity index (χ4n) is 2.58. The molecule has 112 valence electrons. The lowest BCUT2D eigenvalue weighted by molar-refractivity contribution is 0.0599. The van der Waals surface area contributed by atoms with Crippen LogP contribution < -0.4 is 14.2 Å². The highest BCUT2D eigenvalue weighted by molar-refractivity contribution is 5.96. The van der Waals surface area contributed by atoms with E-state index in [1.165, 1.54) is 27.1 Å². The van der Waals surface area contributed by atoms with Crippen LogP contribution in [0.15, 0.2) is 12.1 Å². The monoisotopic (exact) mass is 290 g/mol. The first kappa shape index (κ1) is 13.8. The van der Waals surface area contributed by atoms with Crippen LogP contribution in [0.4, 0.5) is 0 Å². The quantitative estimate of drug-likeness (QED) is 0.798. The highest BCUT2D eigenvalue weighted by atomic mass is 16.5. The number of methoxy groups -OCH3 is 3. The van der Waals surface area contributed by atoms with Gasteiger partial charge in [0.2, 0.25) is 5.75 Å². The summed E-state index contributed by atoms with van der Waals surface area (Å²) in [6, 6.07) is 1.62. The average Bonchev–Trinajstić information content (AvgIpc) is 3.36. The molecule has 0 amide bonds. The molecular weight excluding hydrogens is 272 g/mol. The Morgan fingerprint density at radius 3 is 2.57 bits per heavy atom. The first-order valence-electron chi connectivity index (χ1n) is 6.91. The number of carbonyl (C=O) groups excluding carboxylic acids is 1. The molecule has 0 bridgehead atoms. The van der Waals surface area contributed by atoms with Crippen molar-refractivity contribution in [3.05, 3.63) is 23.3 Å². The van der Waals surface area contributed by atoms with E-state index in [9.17, 15) is 4.79 Å². The van der Waals surface area contributed by atoms with E-state index in [2.05, 4.69) is 0 Å². The first-order chi connectivity index (χ1) is 10.2. The molecule has 21 heavy (non-hydrogen) atoms. The Labute approximate surface area is 123 Å². The van der Waals surface area contributed by atoms with Crippen molar-refractivity contribution in [3.63, 3.8) is 0 Å². The fourth-order valence-corrected chi connectivity index (χ4v) is 2.58. The van der Waals surface area contributed by atoms with Gasteiger partial charge in [0.25, 0.3) is 0 Å². The zero-order valence-electron chi connectivity index (χ0n) is 12.3. The van der Waals surface area contributed by atoms with Gasteiger partial charge in [-0.3, -0.25) is 0 Å². The largest absolute Gasteiger partial charge is 0.493 e. The summed E-state index contributed by atoms with van der Waals surface area (Å²) in [5, 5.41) is 0. The van der Waals surface area contributed by atoms with Crippen molar-refractivity contribution >= 4 is 12.0 Å². The molecule has 5 heteroatoms. The second kappa shape index (κ2) is 5.31. The van der Waals surface area contributed by atoms with Crippen molar-refractivity contribution in [2.45, 2.75) is 18.9 Å². The highest BCUT2D eigenvalue weighted by Gasteiger charge is 2.36. The lowest BCUT2D eigenvalue weighted by atomic mass is 10.00. The average molecular weight is 290 g/mol. The molecule has 0 radical (unpaired) electrons. The number of carbonyl (C=O) groups is 1. The Bertz CT molecular complexity index is 601. The molecule has 0 unspecified atom stereocenters. The van der Waals surface area contributed by atoms with Gasteiger partial charge >= 0.3 is 5.97 Å². The van der Waals surface area contributed by atoms with Gasteiger partial charge in [-0.1, -0.05) is 6.08 Å². The Morgan fingerprint density at radius 1 is 1.24 bits per heavy atom. The molecule has 0 N–H and O–H groups in total. The molecule has 5 nitrogen and oxygen atoms in total. The van der Waals surface area contributed by atoms with E-state index in [-0.39, 0.29) is 6.10 Å². The summed E-state index contributed by atoms with van der Waals surface area (Å²) in [5.41, 5.74) is 1.09. The van der Waals surface area contributed by atoms with Crippen LogP contribution in [0.5, 0.6) is 17.2 Å². The second-order valence-electron chi connectivity index (χ2n) is 5.17. The molecule has 1 heterocycles. The summed E-state index contributed by atoms with van der Waals surface area (Å²) in [4.78, 5) is 12.0. The van der Waals surface area contributed by atoms with Crippen molar-refractivity contribution in [2.24, 2.45) is 5.92 Å². The third-order valence-electron chi connectivity index (χ3n) is 3.86. The molecule has 1 aliphatic carbocycles. The Balaban J connectivity index is 2.13. The predicted octanol–water partition coefficient (Wildman–Crippen LogP) is 2.67. The Hall–Kier alpha value is -2.17. The van der Waals surface area contributed by atoms with Gasteiger partial charge in [-0.05, 0) is 30.9 Å². The summed E-state index contributed by atoms with van der Waals surface area (Å²) in [6.07, 6.45) is 6.28. The number of esters is 1. The molecule has 1 saturated carbocycles. The van der Waals surface area contributed by atoms with Crippen molar-refractivity contribution in [3.8, 4) is 17.2 Å². The van der Waals surface area contributed by atoms with Crippen molar-refractivity contribution < 1.29 is 23.7 Å². The maximum atomic E-state index is 12.0. The highest BCUT2D eigenvalue weighted by Crippen LogP contribution is 2.47. The molecule has 3 rings (SSSR count). The van der Waals surface area contributed by atoms with Gasteiger partial charge in [0.05, 0.1) is 26.9 Å².